The van der Waals surface area contributed by atoms with E-state index in [9.17, 15) is 17.2 Å². The number of anilines is 3. The average Bonchev–Trinajstić information content (AvgIpc) is 3.09. The summed E-state index contributed by atoms with van der Waals surface area (Å²) >= 11 is 0. The fourth-order valence-corrected chi connectivity index (χ4v) is 4.01. The highest BCUT2D eigenvalue weighted by atomic mass is 32.2. The molecule has 4 rings (SSSR count). The van der Waals surface area contributed by atoms with Crippen LogP contribution in [0.2, 0.25) is 0 Å². The maximum Gasteiger partial charge on any atom is 0.228 e. The van der Waals surface area contributed by atoms with Crippen LogP contribution in [0.1, 0.15) is 16.8 Å². The molecule has 3 N–H and O–H groups in total. The van der Waals surface area contributed by atoms with Gasteiger partial charge in [0.15, 0.2) is 21.5 Å². The fraction of sp³-hybridized carbons (Fsp3) is 0.100. The first kappa shape index (κ1) is 19.0. The molecule has 1 aromatic heterocycles. The highest BCUT2D eigenvalue weighted by Crippen LogP contribution is 2.36. The van der Waals surface area contributed by atoms with Crippen LogP contribution < -0.4 is 11.1 Å². The molecule has 0 bridgehead atoms. The lowest BCUT2D eigenvalue weighted by molar-refractivity contribution is 0.573. The largest absolute Gasteiger partial charge is 0.398 e. The maximum absolute atomic E-state index is 14.6. The average molecular weight is 414 g/mol. The monoisotopic (exact) mass is 414 g/mol. The number of halogens is 2. The number of fused-ring (bicyclic) bond motifs is 1. The van der Waals surface area contributed by atoms with Crippen molar-refractivity contribution in [3.8, 4) is 0 Å². The van der Waals surface area contributed by atoms with E-state index in [1.165, 1.54) is 12.1 Å². The molecular formula is C20H16F2N4O2S. The Labute approximate surface area is 166 Å². The van der Waals surface area contributed by atoms with Crippen molar-refractivity contribution >= 4 is 32.7 Å². The van der Waals surface area contributed by atoms with Crippen LogP contribution in [0.5, 0.6) is 0 Å². The van der Waals surface area contributed by atoms with E-state index in [1.54, 1.807) is 12.1 Å². The number of benzene rings is 2. The predicted molar refractivity (Wildman–Crippen MR) is 106 cm³/mol. The number of allylic oxidation sites excluding steroid dienone is 1. The molecule has 0 atom stereocenters. The van der Waals surface area contributed by atoms with Crippen LogP contribution in [0.3, 0.4) is 0 Å². The molecule has 0 unspecified atom stereocenters. The van der Waals surface area contributed by atoms with Gasteiger partial charge >= 0.3 is 0 Å². The minimum Gasteiger partial charge on any atom is -0.398 e. The van der Waals surface area contributed by atoms with Crippen molar-refractivity contribution in [3.05, 3.63) is 77.1 Å². The maximum atomic E-state index is 14.6. The molecule has 2 aromatic carbocycles. The quantitative estimate of drug-likeness (QED) is 0.635. The van der Waals surface area contributed by atoms with Gasteiger partial charge in [0.05, 0.1) is 11.9 Å². The molecule has 148 valence electrons. The zero-order valence-electron chi connectivity index (χ0n) is 15.3. The smallest absolute Gasteiger partial charge is 0.228 e. The molecular weight excluding hydrogens is 398 g/mol. The van der Waals surface area contributed by atoms with E-state index >= 15 is 0 Å². The number of nitrogens with two attached hydrogens (primary N) is 1. The summed E-state index contributed by atoms with van der Waals surface area (Å²) < 4.78 is 52.5. The Morgan fingerprint density at radius 2 is 1.90 bits per heavy atom. The van der Waals surface area contributed by atoms with E-state index < -0.39 is 26.4 Å². The number of nitrogens with zero attached hydrogens (tertiary/aromatic N) is 2. The van der Waals surface area contributed by atoms with Crippen molar-refractivity contribution in [2.45, 2.75) is 11.3 Å². The van der Waals surface area contributed by atoms with E-state index in [-0.39, 0.29) is 17.3 Å². The number of rotatable bonds is 4. The molecule has 6 nitrogen and oxygen atoms in total. The van der Waals surface area contributed by atoms with Crippen LogP contribution in [0, 0.1) is 11.6 Å². The Morgan fingerprint density at radius 3 is 2.66 bits per heavy atom. The molecule has 0 saturated heterocycles. The standard InChI is InChI=1S/C20H16F2N4O2S/c1-29(27,28)17-7-3-6-16(18(17)22)25-20-24-10-14(21)19(26-20)13-9-8-12-11(13)4-2-5-15(12)23/h2-7,9-10H,8,23H2,1H3,(H,24,25,26). The molecule has 0 saturated carbocycles. The molecule has 0 radical (unpaired) electrons. The number of hydrogen-bond acceptors (Lipinski definition) is 6. The van der Waals surface area contributed by atoms with E-state index in [1.807, 2.05) is 12.1 Å². The summed E-state index contributed by atoms with van der Waals surface area (Å²) in [5.41, 5.74) is 8.75. The Bertz CT molecular complexity index is 1270. The zero-order chi connectivity index (χ0) is 20.8. The van der Waals surface area contributed by atoms with Crippen molar-refractivity contribution in [2.75, 3.05) is 17.3 Å². The zero-order valence-corrected chi connectivity index (χ0v) is 16.1. The van der Waals surface area contributed by atoms with Crippen LogP contribution in [-0.4, -0.2) is 24.6 Å². The van der Waals surface area contributed by atoms with Crippen LogP contribution >= 0.6 is 0 Å². The lowest BCUT2D eigenvalue weighted by Crippen LogP contribution is -2.07. The summed E-state index contributed by atoms with van der Waals surface area (Å²) in [5.74, 6) is -1.66. The highest BCUT2D eigenvalue weighted by molar-refractivity contribution is 7.90. The first-order valence-corrected chi connectivity index (χ1v) is 10.5. The summed E-state index contributed by atoms with van der Waals surface area (Å²) in [4.78, 5) is 7.58. The number of aromatic nitrogens is 2. The molecule has 29 heavy (non-hydrogen) atoms. The van der Waals surface area contributed by atoms with Crippen molar-refractivity contribution in [3.63, 3.8) is 0 Å². The third-order valence-electron chi connectivity index (χ3n) is 4.62. The molecule has 3 aromatic rings. The Kier molecular flexibility index (Phi) is 4.54. The van der Waals surface area contributed by atoms with Gasteiger partial charge in [0.2, 0.25) is 5.95 Å². The second-order valence-electron chi connectivity index (χ2n) is 6.60. The molecule has 1 aliphatic carbocycles. The lowest BCUT2D eigenvalue weighted by Gasteiger charge is -2.11. The number of nitrogen functional groups attached to an aromatic ring is 1. The van der Waals surface area contributed by atoms with Crippen molar-refractivity contribution in [2.24, 2.45) is 0 Å². The molecule has 1 aliphatic rings. The van der Waals surface area contributed by atoms with Crippen LogP contribution in [0.25, 0.3) is 5.57 Å². The van der Waals surface area contributed by atoms with Gasteiger partial charge in [0.1, 0.15) is 10.6 Å². The first-order valence-electron chi connectivity index (χ1n) is 8.62. The van der Waals surface area contributed by atoms with Gasteiger partial charge in [-0.25, -0.2) is 27.2 Å². The van der Waals surface area contributed by atoms with Gasteiger partial charge in [-0.3, -0.25) is 0 Å². The topological polar surface area (TPSA) is 98.0 Å². The van der Waals surface area contributed by atoms with Gasteiger partial charge in [0.25, 0.3) is 0 Å². The van der Waals surface area contributed by atoms with Crippen LogP contribution in [0.4, 0.5) is 26.1 Å². The normalized spacial score (nSPS) is 13.1. The summed E-state index contributed by atoms with van der Waals surface area (Å²) in [6, 6.07) is 9.28. The molecule has 1 heterocycles. The van der Waals surface area contributed by atoms with E-state index in [2.05, 4.69) is 15.3 Å². The molecule has 0 amide bonds. The summed E-state index contributed by atoms with van der Waals surface area (Å²) in [6.45, 7) is 0. The molecule has 0 fully saturated rings. The minimum atomic E-state index is -3.75. The van der Waals surface area contributed by atoms with Crippen LogP contribution in [0.15, 0.2) is 53.6 Å². The van der Waals surface area contributed by atoms with Crippen molar-refractivity contribution < 1.29 is 17.2 Å². The summed E-state index contributed by atoms with van der Waals surface area (Å²) in [6.07, 6.45) is 4.27. The molecule has 0 aliphatic heterocycles. The molecule has 9 heteroatoms. The van der Waals surface area contributed by atoms with Crippen molar-refractivity contribution in [1.82, 2.24) is 9.97 Å². The van der Waals surface area contributed by atoms with Gasteiger partial charge < -0.3 is 11.1 Å². The van der Waals surface area contributed by atoms with Gasteiger partial charge in [0, 0.05) is 17.5 Å². The van der Waals surface area contributed by atoms with Crippen molar-refractivity contribution in [1.29, 1.82) is 0 Å². The van der Waals surface area contributed by atoms with E-state index in [0.717, 1.165) is 29.6 Å². The predicted octanol–water partition coefficient (Wildman–Crippen LogP) is 3.47. The Hall–Kier alpha value is -3.33. The Morgan fingerprint density at radius 1 is 1.14 bits per heavy atom. The fourth-order valence-electron chi connectivity index (χ4n) is 3.25. The van der Waals surface area contributed by atoms with Gasteiger partial charge in [-0.1, -0.05) is 24.3 Å². The highest BCUT2D eigenvalue weighted by Gasteiger charge is 2.22. The third-order valence-corrected chi connectivity index (χ3v) is 5.74. The molecule has 0 spiro atoms. The SMILES string of the molecule is CS(=O)(=O)c1cccc(Nc2ncc(F)c(C3=CCc4c(N)cccc43)n2)c1F. The second-order valence-corrected chi connectivity index (χ2v) is 8.58. The van der Waals surface area contributed by atoms with Crippen LogP contribution in [-0.2, 0) is 16.3 Å². The summed E-state index contributed by atoms with van der Waals surface area (Å²) in [7, 11) is -3.75. The summed E-state index contributed by atoms with van der Waals surface area (Å²) in [5, 5.41) is 2.63. The Balaban J connectivity index is 1.73. The number of nitrogens with one attached hydrogen (secondary N) is 1. The van der Waals surface area contributed by atoms with Gasteiger partial charge in [-0.15, -0.1) is 0 Å². The van der Waals surface area contributed by atoms with Gasteiger partial charge in [-0.05, 0) is 35.7 Å². The van der Waals surface area contributed by atoms with E-state index in [0.29, 0.717) is 17.7 Å². The number of sulfone groups is 1. The van der Waals surface area contributed by atoms with E-state index in [4.69, 9.17) is 5.73 Å². The third kappa shape index (κ3) is 3.44. The van der Waals surface area contributed by atoms with Gasteiger partial charge in [-0.2, -0.15) is 0 Å². The number of hydrogen-bond donors (Lipinski definition) is 2. The second kappa shape index (κ2) is 6.93. The first-order chi connectivity index (χ1) is 13.8. The minimum absolute atomic E-state index is 0.0477. The lowest BCUT2D eigenvalue weighted by atomic mass is 10.0.